The zero-order chi connectivity index (χ0) is 12.0. The van der Waals surface area contributed by atoms with Gasteiger partial charge in [-0.3, -0.25) is 9.69 Å². The summed E-state index contributed by atoms with van der Waals surface area (Å²) in [5.74, 6) is 1.27. The van der Waals surface area contributed by atoms with Gasteiger partial charge < -0.3 is 0 Å². The SMILES string of the molecule is CSCCN(C)CC(=O)c1cccc(C)c1. The number of ketones is 1. The standard InChI is InChI=1S/C13H19NOS/c1-11-5-4-6-12(9-11)13(15)10-14(2)7-8-16-3/h4-6,9H,7-8,10H2,1-3H3. The fourth-order valence-electron chi connectivity index (χ4n) is 1.48. The van der Waals surface area contributed by atoms with Crippen molar-refractivity contribution >= 4 is 17.5 Å². The van der Waals surface area contributed by atoms with E-state index in [-0.39, 0.29) is 5.78 Å². The zero-order valence-corrected chi connectivity index (χ0v) is 11.0. The van der Waals surface area contributed by atoms with Crippen molar-refractivity contribution in [3.8, 4) is 0 Å². The van der Waals surface area contributed by atoms with Crippen LogP contribution in [0.5, 0.6) is 0 Å². The largest absolute Gasteiger partial charge is 0.298 e. The number of aryl methyl sites for hydroxylation is 1. The summed E-state index contributed by atoms with van der Waals surface area (Å²) in [6.07, 6.45) is 2.08. The molecular weight excluding hydrogens is 218 g/mol. The fourth-order valence-corrected chi connectivity index (χ4v) is 1.98. The molecular formula is C13H19NOS. The first-order valence-corrected chi connectivity index (χ1v) is 6.80. The van der Waals surface area contributed by atoms with E-state index in [1.54, 1.807) is 11.8 Å². The number of rotatable bonds is 6. The molecule has 88 valence electrons. The van der Waals surface area contributed by atoms with E-state index >= 15 is 0 Å². The maximum atomic E-state index is 11.9. The van der Waals surface area contributed by atoms with Crippen LogP contribution >= 0.6 is 11.8 Å². The first-order valence-electron chi connectivity index (χ1n) is 5.41. The average molecular weight is 237 g/mol. The quantitative estimate of drug-likeness (QED) is 0.709. The Morgan fingerprint density at radius 1 is 1.44 bits per heavy atom. The minimum Gasteiger partial charge on any atom is -0.298 e. The van der Waals surface area contributed by atoms with Gasteiger partial charge in [0.25, 0.3) is 0 Å². The molecule has 0 aromatic heterocycles. The van der Waals surface area contributed by atoms with Crippen molar-refractivity contribution in [2.75, 3.05) is 32.1 Å². The first-order chi connectivity index (χ1) is 7.63. The van der Waals surface area contributed by atoms with Crippen LogP contribution in [0.3, 0.4) is 0 Å². The Bertz CT molecular complexity index is 352. The molecule has 0 N–H and O–H groups in total. The lowest BCUT2D eigenvalue weighted by Gasteiger charge is -2.14. The minimum atomic E-state index is 0.201. The molecule has 0 amide bonds. The summed E-state index contributed by atoms with van der Waals surface area (Å²) in [6, 6.07) is 7.78. The van der Waals surface area contributed by atoms with E-state index in [4.69, 9.17) is 0 Å². The molecule has 0 saturated carbocycles. The molecule has 0 heterocycles. The molecule has 0 bridgehead atoms. The summed E-state index contributed by atoms with van der Waals surface area (Å²) in [7, 11) is 1.99. The lowest BCUT2D eigenvalue weighted by Crippen LogP contribution is -2.28. The molecule has 3 heteroatoms. The molecule has 0 aliphatic heterocycles. The van der Waals surface area contributed by atoms with E-state index in [0.717, 1.165) is 23.4 Å². The van der Waals surface area contributed by atoms with E-state index in [9.17, 15) is 4.79 Å². The smallest absolute Gasteiger partial charge is 0.176 e. The first kappa shape index (κ1) is 13.3. The van der Waals surface area contributed by atoms with E-state index in [2.05, 4.69) is 11.2 Å². The molecule has 2 nitrogen and oxygen atoms in total. The second-order valence-electron chi connectivity index (χ2n) is 4.02. The fraction of sp³-hybridized carbons (Fsp3) is 0.462. The highest BCUT2D eigenvalue weighted by Crippen LogP contribution is 2.05. The van der Waals surface area contributed by atoms with Crippen molar-refractivity contribution in [3.05, 3.63) is 35.4 Å². The molecule has 0 saturated heterocycles. The Hall–Kier alpha value is -0.800. The van der Waals surface area contributed by atoms with E-state index < -0.39 is 0 Å². The molecule has 0 atom stereocenters. The highest BCUT2D eigenvalue weighted by molar-refractivity contribution is 7.98. The van der Waals surface area contributed by atoms with Crippen LogP contribution in [0.1, 0.15) is 15.9 Å². The highest BCUT2D eigenvalue weighted by atomic mass is 32.2. The minimum absolute atomic E-state index is 0.201. The summed E-state index contributed by atoms with van der Waals surface area (Å²) < 4.78 is 0. The van der Waals surface area contributed by atoms with Gasteiger partial charge in [-0.2, -0.15) is 11.8 Å². The van der Waals surface area contributed by atoms with Gasteiger partial charge in [-0.05, 0) is 26.3 Å². The molecule has 1 aromatic rings. The maximum Gasteiger partial charge on any atom is 0.176 e. The highest BCUT2D eigenvalue weighted by Gasteiger charge is 2.08. The van der Waals surface area contributed by atoms with E-state index in [0.29, 0.717) is 6.54 Å². The monoisotopic (exact) mass is 237 g/mol. The number of nitrogens with zero attached hydrogens (tertiary/aromatic N) is 1. The van der Waals surface area contributed by atoms with Gasteiger partial charge in [-0.25, -0.2) is 0 Å². The number of Topliss-reactive ketones (excluding diaryl/α,β-unsaturated/α-hetero) is 1. The average Bonchev–Trinajstić information content (AvgIpc) is 2.26. The van der Waals surface area contributed by atoms with Gasteiger partial charge in [0.05, 0.1) is 6.54 Å². The third-order valence-corrected chi connectivity index (χ3v) is 3.02. The van der Waals surface area contributed by atoms with Crippen molar-refractivity contribution in [2.24, 2.45) is 0 Å². The topological polar surface area (TPSA) is 20.3 Å². The van der Waals surface area contributed by atoms with Crippen LogP contribution in [0.2, 0.25) is 0 Å². The predicted octanol–water partition coefficient (Wildman–Crippen LogP) is 2.47. The molecule has 0 aliphatic rings. The summed E-state index contributed by atoms with van der Waals surface area (Å²) in [5, 5.41) is 0. The van der Waals surface area contributed by atoms with Crippen LogP contribution in [0.4, 0.5) is 0 Å². The number of hydrogen-bond acceptors (Lipinski definition) is 3. The van der Waals surface area contributed by atoms with Crippen molar-refractivity contribution in [1.29, 1.82) is 0 Å². The number of carbonyl (C=O) groups is 1. The second-order valence-corrected chi connectivity index (χ2v) is 5.01. The Morgan fingerprint density at radius 2 is 2.19 bits per heavy atom. The second kappa shape index (κ2) is 6.71. The van der Waals surface area contributed by atoms with Crippen LogP contribution in [0.25, 0.3) is 0 Å². The lowest BCUT2D eigenvalue weighted by molar-refractivity contribution is 0.0949. The number of likely N-dealkylation sites (N-methyl/N-ethyl adjacent to an activating group) is 1. The van der Waals surface area contributed by atoms with Crippen molar-refractivity contribution in [3.63, 3.8) is 0 Å². The lowest BCUT2D eigenvalue weighted by atomic mass is 10.1. The summed E-state index contributed by atoms with van der Waals surface area (Å²) in [6.45, 7) is 3.47. The Kier molecular flexibility index (Phi) is 5.56. The third-order valence-electron chi connectivity index (χ3n) is 2.43. The summed E-state index contributed by atoms with van der Waals surface area (Å²) in [4.78, 5) is 14.0. The van der Waals surface area contributed by atoms with E-state index in [1.807, 2.05) is 38.2 Å². The molecule has 0 spiro atoms. The van der Waals surface area contributed by atoms with Gasteiger partial charge in [0, 0.05) is 17.9 Å². The molecule has 1 aromatic carbocycles. The van der Waals surface area contributed by atoms with Gasteiger partial charge in [0.2, 0.25) is 0 Å². The third kappa shape index (κ3) is 4.37. The van der Waals surface area contributed by atoms with Crippen molar-refractivity contribution in [1.82, 2.24) is 4.90 Å². The van der Waals surface area contributed by atoms with Crippen LogP contribution < -0.4 is 0 Å². The Balaban J connectivity index is 2.52. The van der Waals surface area contributed by atoms with Gasteiger partial charge in [0.1, 0.15) is 0 Å². The number of benzene rings is 1. The molecule has 1 rings (SSSR count). The van der Waals surface area contributed by atoms with Crippen LogP contribution in [-0.2, 0) is 0 Å². The van der Waals surface area contributed by atoms with Crippen molar-refractivity contribution < 1.29 is 4.79 Å². The van der Waals surface area contributed by atoms with Crippen LogP contribution in [0, 0.1) is 6.92 Å². The van der Waals surface area contributed by atoms with Crippen molar-refractivity contribution in [2.45, 2.75) is 6.92 Å². The molecule has 0 fully saturated rings. The summed E-state index contributed by atoms with van der Waals surface area (Å²) >= 11 is 1.80. The summed E-state index contributed by atoms with van der Waals surface area (Å²) in [5.41, 5.74) is 1.95. The Labute approximate surface area is 102 Å². The van der Waals surface area contributed by atoms with Gasteiger partial charge in [-0.1, -0.05) is 23.8 Å². The molecule has 0 unspecified atom stereocenters. The van der Waals surface area contributed by atoms with Crippen LogP contribution in [0.15, 0.2) is 24.3 Å². The normalized spacial score (nSPS) is 10.8. The maximum absolute atomic E-state index is 11.9. The van der Waals surface area contributed by atoms with Crippen LogP contribution in [-0.4, -0.2) is 42.8 Å². The van der Waals surface area contributed by atoms with Gasteiger partial charge in [-0.15, -0.1) is 0 Å². The Morgan fingerprint density at radius 3 is 2.81 bits per heavy atom. The molecule has 0 radical (unpaired) electrons. The van der Waals surface area contributed by atoms with Gasteiger partial charge >= 0.3 is 0 Å². The predicted molar refractivity (Wildman–Crippen MR) is 71.4 cm³/mol. The molecule has 16 heavy (non-hydrogen) atoms. The zero-order valence-electron chi connectivity index (χ0n) is 10.2. The molecule has 0 aliphatic carbocycles. The number of thioether (sulfide) groups is 1. The van der Waals surface area contributed by atoms with Gasteiger partial charge in [0.15, 0.2) is 5.78 Å². The number of hydrogen-bond donors (Lipinski definition) is 0. The van der Waals surface area contributed by atoms with E-state index in [1.165, 1.54) is 0 Å². The number of carbonyl (C=O) groups excluding carboxylic acids is 1.